The number of ether oxygens (including phenoxy) is 1. The summed E-state index contributed by atoms with van der Waals surface area (Å²) in [6.45, 7) is 0.605. The van der Waals surface area contributed by atoms with Crippen LogP contribution in [-0.2, 0) is 31.6 Å². The van der Waals surface area contributed by atoms with Crippen molar-refractivity contribution in [2.24, 2.45) is 5.11 Å². The lowest BCUT2D eigenvalue weighted by molar-refractivity contribution is -0.0276. The van der Waals surface area contributed by atoms with Gasteiger partial charge in [0.25, 0.3) is 5.56 Å². The van der Waals surface area contributed by atoms with E-state index in [1.807, 2.05) is 4.98 Å². The number of aromatic amines is 1. The van der Waals surface area contributed by atoms with Gasteiger partial charge in [-0.2, -0.15) is 8.62 Å². The topological polar surface area (TPSA) is 273 Å². The maximum atomic E-state index is 12.0. The van der Waals surface area contributed by atoms with Crippen LogP contribution in [0.3, 0.4) is 0 Å². The average Bonchev–Trinajstić information content (AvgIpc) is 2.96. The predicted octanol–water partition coefficient (Wildman–Crippen LogP) is 0.155. The van der Waals surface area contributed by atoms with Crippen molar-refractivity contribution in [2.75, 3.05) is 6.61 Å². The maximum absolute atomic E-state index is 12.0. The van der Waals surface area contributed by atoms with Crippen LogP contribution in [0.2, 0.25) is 0 Å². The molecule has 0 saturated carbocycles. The molecule has 5 N–H and O–H groups in total. The third-order valence-corrected chi connectivity index (χ3v) is 7.43. The second-order valence-electron chi connectivity index (χ2n) is 6.02. The highest BCUT2D eigenvalue weighted by Gasteiger charge is 2.42. The highest BCUT2D eigenvalue weighted by atomic mass is 31.3. The second kappa shape index (κ2) is 9.46. The van der Waals surface area contributed by atoms with Gasteiger partial charge in [0.15, 0.2) is 0 Å². The van der Waals surface area contributed by atoms with Crippen molar-refractivity contribution < 1.29 is 51.2 Å². The number of phosphoric ester groups is 1. The fourth-order valence-electron chi connectivity index (χ4n) is 2.51. The smallest absolute Gasteiger partial charge is 0.352 e. The Balaban J connectivity index is 2.12. The second-order valence-corrected chi connectivity index (χ2v) is 10.4. The Hall–Kier alpha value is -1.64. The molecule has 0 aliphatic carbocycles. The summed E-state index contributed by atoms with van der Waals surface area (Å²) >= 11 is 0. The molecule has 0 aromatic carbocycles. The number of hydrogen-bond donors (Lipinski definition) is 5. The van der Waals surface area contributed by atoms with Gasteiger partial charge in [-0.25, -0.2) is 18.5 Å². The molecule has 1 aliphatic rings. The number of phosphoric acid groups is 3. The molecular weight excluding hydrogens is 491 g/mol. The molecule has 31 heavy (non-hydrogen) atoms. The molecule has 1 aliphatic heterocycles. The molecular formula is C10H16N5O13P3. The van der Waals surface area contributed by atoms with E-state index in [1.54, 1.807) is 0 Å². The van der Waals surface area contributed by atoms with Crippen LogP contribution in [0.15, 0.2) is 20.9 Å². The van der Waals surface area contributed by atoms with Gasteiger partial charge in [-0.05, 0) is 18.9 Å². The van der Waals surface area contributed by atoms with Gasteiger partial charge in [0.05, 0.1) is 18.8 Å². The van der Waals surface area contributed by atoms with E-state index in [2.05, 4.69) is 23.2 Å². The Morgan fingerprint density at radius 3 is 2.48 bits per heavy atom. The molecule has 1 aromatic heterocycles. The van der Waals surface area contributed by atoms with Gasteiger partial charge >= 0.3 is 29.2 Å². The summed E-state index contributed by atoms with van der Waals surface area (Å²) in [5.41, 5.74) is 7.32. The number of azide groups is 1. The van der Waals surface area contributed by atoms with E-state index in [9.17, 15) is 28.2 Å². The summed E-state index contributed by atoms with van der Waals surface area (Å²) in [6.07, 6.45) is -1.33. The van der Waals surface area contributed by atoms with E-state index in [1.165, 1.54) is 6.92 Å². The molecule has 0 amide bonds. The van der Waals surface area contributed by atoms with E-state index in [0.29, 0.717) is 0 Å². The lowest BCUT2D eigenvalue weighted by Gasteiger charge is -2.19. The van der Waals surface area contributed by atoms with Crippen molar-refractivity contribution in [2.45, 2.75) is 31.7 Å². The first kappa shape index (κ1) is 25.6. The van der Waals surface area contributed by atoms with Crippen LogP contribution in [0.1, 0.15) is 18.2 Å². The van der Waals surface area contributed by atoms with Crippen LogP contribution < -0.4 is 11.2 Å². The average molecular weight is 507 g/mol. The van der Waals surface area contributed by atoms with Gasteiger partial charge in [0.1, 0.15) is 6.23 Å². The first-order chi connectivity index (χ1) is 14.1. The minimum Gasteiger partial charge on any atom is -0.352 e. The van der Waals surface area contributed by atoms with Gasteiger partial charge in [-0.15, -0.1) is 0 Å². The summed E-state index contributed by atoms with van der Waals surface area (Å²) in [4.78, 5) is 63.8. The molecule has 2 unspecified atom stereocenters. The number of nitrogens with zero attached hydrogens (tertiary/aromatic N) is 4. The summed E-state index contributed by atoms with van der Waals surface area (Å²) in [5, 5.41) is 3.46. The van der Waals surface area contributed by atoms with Crippen molar-refractivity contribution in [1.82, 2.24) is 9.55 Å². The third-order valence-electron chi connectivity index (χ3n) is 3.62. The van der Waals surface area contributed by atoms with Crippen molar-refractivity contribution in [3.63, 3.8) is 0 Å². The molecule has 2 rings (SSSR count). The van der Waals surface area contributed by atoms with Crippen LogP contribution in [0.4, 0.5) is 0 Å². The van der Waals surface area contributed by atoms with Crippen LogP contribution in [0, 0.1) is 6.92 Å². The normalized spacial score (nSPS) is 25.4. The molecule has 0 radical (unpaired) electrons. The van der Waals surface area contributed by atoms with Crippen LogP contribution in [-0.4, -0.2) is 47.9 Å². The third kappa shape index (κ3) is 7.47. The van der Waals surface area contributed by atoms with Crippen molar-refractivity contribution >= 4 is 23.5 Å². The molecule has 0 spiro atoms. The molecule has 2 heterocycles. The first-order valence-electron chi connectivity index (χ1n) is 7.92. The largest absolute Gasteiger partial charge is 0.490 e. The van der Waals surface area contributed by atoms with E-state index < -0.39 is 59.7 Å². The quantitative estimate of drug-likeness (QED) is 0.129. The highest BCUT2D eigenvalue weighted by Crippen LogP contribution is 2.66. The minimum absolute atomic E-state index is 0.139. The summed E-state index contributed by atoms with van der Waals surface area (Å²) in [5.74, 6) is 0. The van der Waals surface area contributed by atoms with Crippen molar-refractivity contribution in [3.05, 3.63) is 43.0 Å². The number of aromatic nitrogens is 2. The van der Waals surface area contributed by atoms with Gasteiger partial charge in [-0.3, -0.25) is 18.9 Å². The zero-order valence-electron chi connectivity index (χ0n) is 15.3. The Labute approximate surface area is 171 Å². The van der Waals surface area contributed by atoms with Gasteiger partial charge in [0, 0.05) is 16.7 Å². The first-order valence-corrected chi connectivity index (χ1v) is 12.4. The number of hydrogen-bond acceptors (Lipinski definition) is 10. The number of rotatable bonds is 9. The summed E-state index contributed by atoms with van der Waals surface area (Å²) in [6, 6.07) is -1.01. The zero-order chi connectivity index (χ0) is 23.6. The Bertz CT molecular complexity index is 1140. The van der Waals surface area contributed by atoms with E-state index in [4.69, 9.17) is 24.9 Å². The van der Waals surface area contributed by atoms with E-state index >= 15 is 0 Å². The fraction of sp³-hybridized carbons (Fsp3) is 0.600. The zero-order valence-corrected chi connectivity index (χ0v) is 18.0. The molecule has 1 saturated heterocycles. The molecule has 1 aromatic rings. The molecule has 174 valence electrons. The van der Waals surface area contributed by atoms with Gasteiger partial charge in [-0.1, -0.05) is 5.11 Å². The lowest BCUT2D eigenvalue weighted by atomic mass is 10.1. The lowest BCUT2D eigenvalue weighted by Crippen LogP contribution is -2.36. The highest BCUT2D eigenvalue weighted by molar-refractivity contribution is 7.66. The van der Waals surface area contributed by atoms with Gasteiger partial charge in [0.2, 0.25) is 0 Å². The summed E-state index contributed by atoms with van der Waals surface area (Å²) < 4.78 is 51.7. The number of aryl methyl sites for hydroxylation is 1. The predicted molar refractivity (Wildman–Crippen MR) is 97.3 cm³/mol. The van der Waals surface area contributed by atoms with Gasteiger partial charge < -0.3 is 24.3 Å². The maximum Gasteiger partial charge on any atom is 0.490 e. The Morgan fingerprint density at radius 1 is 1.26 bits per heavy atom. The number of H-pyrrole nitrogens is 1. The molecule has 1 fully saturated rings. The van der Waals surface area contributed by atoms with Crippen LogP contribution in [0.25, 0.3) is 10.4 Å². The van der Waals surface area contributed by atoms with Crippen LogP contribution in [0.5, 0.6) is 0 Å². The standard InChI is InChI=1S/C10H16N5O13P3/c1-5-3-15(10(17)12-8(5)16)9-7(13-14-11)2-6(26-9)4-25-30(21,22)28-31(23,24)27-29(18,19)20/h3,6-7,9H,2,4H2,1H3,(H,21,22)(H,23,24)(H,12,16,17)(H2,18,19,20)/t6-,7+,9+/m0/s1. The Morgan fingerprint density at radius 2 is 1.90 bits per heavy atom. The minimum atomic E-state index is -5.68. The fourth-order valence-corrected chi connectivity index (χ4v) is 5.56. The molecule has 18 nitrogen and oxygen atoms in total. The van der Waals surface area contributed by atoms with E-state index in [-0.39, 0.29) is 12.0 Å². The molecule has 5 atom stereocenters. The van der Waals surface area contributed by atoms with E-state index in [0.717, 1.165) is 10.8 Å². The number of nitrogens with one attached hydrogen (secondary N) is 1. The van der Waals surface area contributed by atoms with Crippen LogP contribution >= 0.6 is 23.5 Å². The van der Waals surface area contributed by atoms with Crippen molar-refractivity contribution in [3.8, 4) is 0 Å². The van der Waals surface area contributed by atoms with Crippen molar-refractivity contribution in [1.29, 1.82) is 0 Å². The summed E-state index contributed by atoms with van der Waals surface area (Å²) in [7, 11) is -16.6. The Kier molecular flexibility index (Phi) is 7.82. The SMILES string of the molecule is Cc1cn([C@@H]2O[C@H](COP(=O)(O)OP(=O)(O)OP(=O)(O)O)C[C@H]2N=[N+]=[N-])c(=O)[nH]c1=O. The molecule has 21 heteroatoms. The monoisotopic (exact) mass is 507 g/mol. The molecule has 0 bridgehead atoms.